The molecular weight excluding hydrogens is 368 g/mol. The highest BCUT2D eigenvalue weighted by Crippen LogP contribution is 2.19. The first-order valence-corrected chi connectivity index (χ1v) is 10.0. The van der Waals surface area contributed by atoms with Gasteiger partial charge < -0.3 is 16.0 Å². The average Bonchev–Trinajstić information content (AvgIpc) is 3.16. The lowest BCUT2D eigenvalue weighted by atomic mass is 10.1. The monoisotopic (exact) mass is 394 g/mol. The number of aromatic nitrogens is 5. The van der Waals surface area contributed by atoms with Gasteiger partial charge in [-0.3, -0.25) is 9.36 Å². The maximum atomic E-state index is 12.8. The summed E-state index contributed by atoms with van der Waals surface area (Å²) in [7, 11) is 0. The first-order valence-electron chi connectivity index (χ1n) is 10.0. The van der Waals surface area contributed by atoms with Gasteiger partial charge in [0, 0.05) is 36.8 Å². The number of aryl methyl sites for hydroxylation is 1. The number of carbonyl (C=O) groups excluding carboxylic acids is 1. The van der Waals surface area contributed by atoms with Crippen molar-refractivity contribution in [3.05, 3.63) is 41.6 Å². The number of hydrogen-bond donors (Lipinski definition) is 2. The molecule has 1 amide bonds. The summed E-state index contributed by atoms with van der Waals surface area (Å²) in [6.45, 7) is 6.34. The Morgan fingerprint density at radius 3 is 2.90 bits per heavy atom. The summed E-state index contributed by atoms with van der Waals surface area (Å²) in [5.41, 5.74) is 7.85. The average molecular weight is 394 g/mol. The van der Waals surface area contributed by atoms with E-state index in [0.29, 0.717) is 24.1 Å². The lowest BCUT2D eigenvalue weighted by Gasteiger charge is -2.31. The van der Waals surface area contributed by atoms with E-state index in [4.69, 9.17) is 5.73 Å². The van der Waals surface area contributed by atoms with Crippen molar-refractivity contribution in [1.29, 1.82) is 0 Å². The first kappa shape index (κ1) is 19.3. The third-order valence-electron chi connectivity index (χ3n) is 5.24. The molecule has 1 aliphatic rings. The second kappa shape index (κ2) is 8.12. The Balaban J connectivity index is 1.50. The summed E-state index contributed by atoms with van der Waals surface area (Å²) >= 11 is 0. The van der Waals surface area contributed by atoms with Crippen LogP contribution in [0.3, 0.4) is 0 Å². The van der Waals surface area contributed by atoms with Gasteiger partial charge >= 0.3 is 0 Å². The van der Waals surface area contributed by atoms with Crippen molar-refractivity contribution < 1.29 is 4.79 Å². The molecule has 1 atom stereocenters. The van der Waals surface area contributed by atoms with Gasteiger partial charge in [0.05, 0.1) is 12.1 Å². The van der Waals surface area contributed by atoms with E-state index < -0.39 is 0 Å². The van der Waals surface area contributed by atoms with Crippen LogP contribution in [0.2, 0.25) is 0 Å². The van der Waals surface area contributed by atoms with Crippen molar-refractivity contribution in [1.82, 2.24) is 30.0 Å². The zero-order valence-electron chi connectivity index (χ0n) is 16.8. The number of nitrogens with zero attached hydrogens (tertiary/aromatic N) is 6. The van der Waals surface area contributed by atoms with Gasteiger partial charge in [0.25, 0.3) is 5.91 Å². The highest BCUT2D eigenvalue weighted by Gasteiger charge is 2.25. The Bertz CT molecular complexity index is 1030. The molecule has 1 fully saturated rings. The minimum atomic E-state index is -0.290. The molecule has 0 spiro atoms. The van der Waals surface area contributed by atoms with Crippen LogP contribution >= 0.6 is 0 Å². The summed E-state index contributed by atoms with van der Waals surface area (Å²) in [6, 6.07) is 7.96. The standard InChI is InChI=1S/C20H26N8O/c1-3-28-18(25-26-20(28)27-10-6-7-14(21)12-27)19(29)22-11-17-23-13(2)15-8-4-5-9-16(15)24-17/h4-5,8-9,14H,3,6-7,10-12,21H2,1-2H3,(H,22,29). The van der Waals surface area contributed by atoms with Gasteiger partial charge in [0.2, 0.25) is 11.8 Å². The van der Waals surface area contributed by atoms with Gasteiger partial charge in [-0.15, -0.1) is 10.2 Å². The van der Waals surface area contributed by atoms with E-state index in [1.54, 1.807) is 0 Å². The van der Waals surface area contributed by atoms with Crippen LogP contribution in [-0.2, 0) is 13.1 Å². The lowest BCUT2D eigenvalue weighted by Crippen LogP contribution is -2.44. The highest BCUT2D eigenvalue weighted by atomic mass is 16.2. The van der Waals surface area contributed by atoms with Crippen molar-refractivity contribution in [3.63, 3.8) is 0 Å². The lowest BCUT2D eigenvalue weighted by molar-refractivity contribution is 0.0935. The molecule has 3 aromatic rings. The van der Waals surface area contributed by atoms with Crippen molar-refractivity contribution >= 4 is 22.8 Å². The van der Waals surface area contributed by atoms with E-state index in [2.05, 4.69) is 30.4 Å². The topological polar surface area (TPSA) is 115 Å². The molecule has 9 nitrogen and oxygen atoms in total. The Morgan fingerprint density at radius 2 is 2.10 bits per heavy atom. The minimum absolute atomic E-state index is 0.122. The molecule has 0 saturated carbocycles. The summed E-state index contributed by atoms with van der Waals surface area (Å²) in [4.78, 5) is 23.9. The van der Waals surface area contributed by atoms with E-state index in [1.807, 2.05) is 42.7 Å². The van der Waals surface area contributed by atoms with Gasteiger partial charge in [-0.25, -0.2) is 9.97 Å². The number of para-hydroxylation sites is 1. The number of fused-ring (bicyclic) bond motifs is 1. The molecule has 152 valence electrons. The molecule has 9 heteroatoms. The number of hydrogen-bond acceptors (Lipinski definition) is 7. The Labute approximate surface area is 169 Å². The predicted octanol–water partition coefficient (Wildman–Crippen LogP) is 1.41. The van der Waals surface area contributed by atoms with Gasteiger partial charge in [0.15, 0.2) is 0 Å². The van der Waals surface area contributed by atoms with E-state index in [9.17, 15) is 4.79 Å². The molecule has 3 N–H and O–H groups in total. The molecule has 3 heterocycles. The number of rotatable bonds is 5. The fourth-order valence-corrected chi connectivity index (χ4v) is 3.79. The number of amides is 1. The third-order valence-corrected chi connectivity index (χ3v) is 5.24. The number of nitrogens with two attached hydrogens (primary N) is 1. The fourth-order valence-electron chi connectivity index (χ4n) is 3.79. The van der Waals surface area contributed by atoms with E-state index in [0.717, 1.165) is 42.5 Å². The van der Waals surface area contributed by atoms with Crippen molar-refractivity contribution in [2.24, 2.45) is 5.73 Å². The minimum Gasteiger partial charge on any atom is -0.342 e. The molecule has 1 unspecified atom stereocenters. The maximum Gasteiger partial charge on any atom is 0.289 e. The molecule has 1 aliphatic heterocycles. The highest BCUT2D eigenvalue weighted by molar-refractivity contribution is 5.91. The van der Waals surface area contributed by atoms with Crippen LogP contribution in [0.15, 0.2) is 24.3 Å². The van der Waals surface area contributed by atoms with E-state index in [1.165, 1.54) is 0 Å². The van der Waals surface area contributed by atoms with Gasteiger partial charge in [-0.1, -0.05) is 18.2 Å². The van der Waals surface area contributed by atoms with Crippen LogP contribution in [0.1, 0.15) is 41.9 Å². The molecule has 0 bridgehead atoms. The van der Waals surface area contributed by atoms with Crippen molar-refractivity contribution in [2.45, 2.75) is 45.8 Å². The summed E-state index contributed by atoms with van der Waals surface area (Å²) in [6.07, 6.45) is 2.02. The van der Waals surface area contributed by atoms with Gasteiger partial charge in [-0.05, 0) is 32.8 Å². The summed E-state index contributed by atoms with van der Waals surface area (Å²) < 4.78 is 1.83. The fraction of sp³-hybridized carbons (Fsp3) is 0.450. The van der Waals surface area contributed by atoms with Crippen LogP contribution in [0, 0.1) is 6.92 Å². The van der Waals surface area contributed by atoms with E-state index in [-0.39, 0.29) is 18.5 Å². The van der Waals surface area contributed by atoms with Gasteiger partial charge in [0.1, 0.15) is 5.82 Å². The second-order valence-electron chi connectivity index (χ2n) is 7.34. The number of piperidine rings is 1. The molecule has 4 rings (SSSR count). The maximum absolute atomic E-state index is 12.8. The summed E-state index contributed by atoms with van der Waals surface area (Å²) in [5.74, 6) is 1.27. The Morgan fingerprint density at radius 1 is 1.28 bits per heavy atom. The first-order chi connectivity index (χ1) is 14.1. The predicted molar refractivity (Wildman–Crippen MR) is 111 cm³/mol. The van der Waals surface area contributed by atoms with Crippen molar-refractivity contribution in [2.75, 3.05) is 18.0 Å². The summed E-state index contributed by atoms with van der Waals surface area (Å²) in [5, 5.41) is 12.3. The molecule has 0 radical (unpaired) electrons. The number of anilines is 1. The number of carbonyl (C=O) groups is 1. The smallest absolute Gasteiger partial charge is 0.289 e. The molecule has 29 heavy (non-hydrogen) atoms. The third kappa shape index (κ3) is 3.91. The van der Waals surface area contributed by atoms with Crippen LogP contribution in [0.5, 0.6) is 0 Å². The molecule has 1 aromatic carbocycles. The van der Waals surface area contributed by atoms with Crippen LogP contribution in [-0.4, -0.2) is 49.8 Å². The number of benzene rings is 1. The van der Waals surface area contributed by atoms with E-state index >= 15 is 0 Å². The Hall–Kier alpha value is -3.07. The zero-order chi connectivity index (χ0) is 20.4. The molecule has 0 aliphatic carbocycles. The largest absolute Gasteiger partial charge is 0.342 e. The molecular formula is C20H26N8O. The molecule has 2 aromatic heterocycles. The Kier molecular flexibility index (Phi) is 5.39. The quantitative estimate of drug-likeness (QED) is 0.672. The van der Waals surface area contributed by atoms with Crippen molar-refractivity contribution in [3.8, 4) is 0 Å². The number of nitrogens with one attached hydrogen (secondary N) is 1. The zero-order valence-corrected chi connectivity index (χ0v) is 16.8. The van der Waals surface area contributed by atoms with Crippen LogP contribution in [0.4, 0.5) is 5.95 Å². The SMILES string of the molecule is CCn1c(C(=O)NCc2nc(C)c3ccccc3n2)nnc1N1CCCC(N)C1. The van der Waals surface area contributed by atoms with Gasteiger partial charge in [-0.2, -0.15) is 0 Å². The van der Waals surface area contributed by atoms with Crippen LogP contribution < -0.4 is 16.0 Å². The van der Waals surface area contributed by atoms with Crippen LogP contribution in [0.25, 0.3) is 10.9 Å². The molecule has 1 saturated heterocycles. The second-order valence-corrected chi connectivity index (χ2v) is 7.34. The normalized spacial score (nSPS) is 16.9.